The minimum Gasteiger partial charge on any atom is -0.504 e. The number of aromatic hydroxyl groups is 2. The van der Waals surface area contributed by atoms with Crippen LogP contribution in [-0.4, -0.2) is 38.1 Å². The van der Waals surface area contributed by atoms with Gasteiger partial charge in [0, 0.05) is 17.5 Å². The molecule has 0 saturated heterocycles. The Labute approximate surface area is 140 Å². The number of benzene rings is 2. The van der Waals surface area contributed by atoms with Crippen LogP contribution in [0.15, 0.2) is 24.3 Å². The Hall–Kier alpha value is -2.76. The largest absolute Gasteiger partial charge is 0.504 e. The SMILES string of the molecule is COc1ccc2c(c1)OC[C@@H](c1cc(O)c(OC)c(O)c1OC)C2. The van der Waals surface area contributed by atoms with E-state index in [1.807, 2.05) is 18.2 Å². The van der Waals surface area contributed by atoms with E-state index in [4.69, 9.17) is 18.9 Å². The average molecular weight is 332 g/mol. The molecular formula is C18H20O6. The summed E-state index contributed by atoms with van der Waals surface area (Å²) in [6.45, 7) is 0.405. The zero-order valence-corrected chi connectivity index (χ0v) is 13.8. The summed E-state index contributed by atoms with van der Waals surface area (Å²) in [5, 5.41) is 20.4. The Morgan fingerprint density at radius 1 is 1.00 bits per heavy atom. The molecule has 1 heterocycles. The third-order valence-corrected chi connectivity index (χ3v) is 4.25. The Morgan fingerprint density at radius 2 is 1.75 bits per heavy atom. The standard InChI is InChI=1S/C18H20O6/c1-21-12-5-4-10-6-11(9-24-15(10)7-12)13-8-14(19)18(23-3)16(20)17(13)22-2/h4-5,7-8,11,19-20H,6,9H2,1-3H3/t11-/m0/s1. The number of phenols is 2. The highest BCUT2D eigenvalue weighted by molar-refractivity contribution is 5.63. The summed E-state index contributed by atoms with van der Waals surface area (Å²) < 4.78 is 21.4. The van der Waals surface area contributed by atoms with Gasteiger partial charge in [0.2, 0.25) is 11.5 Å². The van der Waals surface area contributed by atoms with Gasteiger partial charge in [-0.15, -0.1) is 0 Å². The molecule has 0 fully saturated rings. The Morgan fingerprint density at radius 3 is 2.42 bits per heavy atom. The molecule has 3 rings (SSSR count). The molecule has 24 heavy (non-hydrogen) atoms. The number of rotatable bonds is 4. The van der Waals surface area contributed by atoms with Crippen LogP contribution in [0.1, 0.15) is 17.0 Å². The van der Waals surface area contributed by atoms with Crippen molar-refractivity contribution in [1.82, 2.24) is 0 Å². The van der Waals surface area contributed by atoms with Gasteiger partial charge in [-0.05, 0) is 24.1 Å². The molecule has 2 aromatic rings. The minimum atomic E-state index is -0.212. The normalized spacial score (nSPS) is 16.0. The highest BCUT2D eigenvalue weighted by Crippen LogP contribution is 2.49. The predicted molar refractivity (Wildman–Crippen MR) is 87.8 cm³/mol. The summed E-state index contributed by atoms with van der Waals surface area (Å²) in [5.41, 5.74) is 1.71. The van der Waals surface area contributed by atoms with Crippen molar-refractivity contribution in [2.45, 2.75) is 12.3 Å². The van der Waals surface area contributed by atoms with Crippen LogP contribution in [0, 0.1) is 0 Å². The molecule has 1 aliphatic rings. The van der Waals surface area contributed by atoms with Gasteiger partial charge in [-0.3, -0.25) is 0 Å². The molecule has 0 radical (unpaired) electrons. The van der Waals surface area contributed by atoms with Crippen molar-refractivity contribution in [3.63, 3.8) is 0 Å². The highest BCUT2D eigenvalue weighted by Gasteiger charge is 2.28. The summed E-state index contributed by atoms with van der Waals surface area (Å²) in [4.78, 5) is 0. The van der Waals surface area contributed by atoms with Crippen molar-refractivity contribution in [2.24, 2.45) is 0 Å². The molecule has 6 heteroatoms. The van der Waals surface area contributed by atoms with E-state index in [2.05, 4.69) is 0 Å². The fourth-order valence-electron chi connectivity index (χ4n) is 3.04. The zero-order valence-electron chi connectivity index (χ0n) is 13.8. The Bertz CT molecular complexity index is 756. The second-order valence-corrected chi connectivity index (χ2v) is 5.59. The van der Waals surface area contributed by atoms with Crippen LogP contribution >= 0.6 is 0 Å². The predicted octanol–water partition coefficient (Wildman–Crippen LogP) is 2.84. The molecule has 1 atom stereocenters. The average Bonchev–Trinajstić information content (AvgIpc) is 2.60. The maximum absolute atomic E-state index is 10.3. The lowest BCUT2D eigenvalue weighted by Crippen LogP contribution is -2.20. The zero-order chi connectivity index (χ0) is 17.3. The van der Waals surface area contributed by atoms with E-state index < -0.39 is 0 Å². The van der Waals surface area contributed by atoms with E-state index in [0.29, 0.717) is 18.6 Å². The van der Waals surface area contributed by atoms with Crippen molar-refractivity contribution in [1.29, 1.82) is 0 Å². The summed E-state index contributed by atoms with van der Waals surface area (Å²) >= 11 is 0. The number of phenolic OH excluding ortho intramolecular Hbond substituents is 2. The van der Waals surface area contributed by atoms with Gasteiger partial charge in [0.15, 0.2) is 11.5 Å². The third-order valence-electron chi connectivity index (χ3n) is 4.25. The van der Waals surface area contributed by atoms with Gasteiger partial charge in [0.1, 0.15) is 11.5 Å². The molecule has 0 amide bonds. The van der Waals surface area contributed by atoms with Gasteiger partial charge in [0.05, 0.1) is 27.9 Å². The topological polar surface area (TPSA) is 77.4 Å². The van der Waals surface area contributed by atoms with Gasteiger partial charge >= 0.3 is 0 Å². The minimum absolute atomic E-state index is 0.00235. The van der Waals surface area contributed by atoms with Gasteiger partial charge in [-0.2, -0.15) is 0 Å². The third kappa shape index (κ3) is 2.64. The van der Waals surface area contributed by atoms with Gasteiger partial charge in [-0.1, -0.05) is 6.07 Å². The van der Waals surface area contributed by atoms with Crippen LogP contribution in [0.3, 0.4) is 0 Å². The first kappa shape index (κ1) is 16.1. The summed E-state index contributed by atoms with van der Waals surface area (Å²) in [5.74, 6) is 1.40. The molecule has 0 saturated carbocycles. The Kier molecular flexibility index (Phi) is 4.29. The molecule has 0 aromatic heterocycles. The van der Waals surface area contributed by atoms with Crippen molar-refractivity contribution in [2.75, 3.05) is 27.9 Å². The monoisotopic (exact) mass is 332 g/mol. The number of hydrogen-bond donors (Lipinski definition) is 2. The molecule has 1 aliphatic heterocycles. The van der Waals surface area contributed by atoms with E-state index in [1.54, 1.807) is 13.2 Å². The lowest BCUT2D eigenvalue weighted by atomic mass is 9.89. The second-order valence-electron chi connectivity index (χ2n) is 5.59. The van der Waals surface area contributed by atoms with E-state index in [-0.39, 0.29) is 28.9 Å². The first-order chi connectivity index (χ1) is 11.6. The van der Waals surface area contributed by atoms with E-state index in [1.165, 1.54) is 14.2 Å². The molecule has 0 aliphatic carbocycles. The maximum atomic E-state index is 10.3. The van der Waals surface area contributed by atoms with Gasteiger partial charge in [-0.25, -0.2) is 0 Å². The second kappa shape index (κ2) is 6.39. The highest BCUT2D eigenvalue weighted by atomic mass is 16.5. The van der Waals surface area contributed by atoms with E-state index in [9.17, 15) is 10.2 Å². The molecule has 0 spiro atoms. The summed E-state index contributed by atoms with van der Waals surface area (Å²) in [6, 6.07) is 7.24. The molecule has 0 unspecified atom stereocenters. The number of methoxy groups -OCH3 is 3. The lowest BCUT2D eigenvalue weighted by Gasteiger charge is -2.27. The number of ether oxygens (including phenoxy) is 4. The fourth-order valence-corrected chi connectivity index (χ4v) is 3.04. The van der Waals surface area contributed by atoms with E-state index in [0.717, 1.165) is 17.1 Å². The summed E-state index contributed by atoms with van der Waals surface area (Å²) in [7, 11) is 4.46. The van der Waals surface area contributed by atoms with Crippen molar-refractivity contribution < 1.29 is 29.2 Å². The van der Waals surface area contributed by atoms with Crippen LogP contribution in [0.5, 0.6) is 34.5 Å². The molecule has 128 valence electrons. The van der Waals surface area contributed by atoms with Crippen molar-refractivity contribution in [3.8, 4) is 34.5 Å². The lowest BCUT2D eigenvalue weighted by molar-refractivity contribution is 0.254. The van der Waals surface area contributed by atoms with Gasteiger partial charge < -0.3 is 29.2 Å². The van der Waals surface area contributed by atoms with Crippen LogP contribution in [0.25, 0.3) is 0 Å². The first-order valence-electron chi connectivity index (χ1n) is 7.55. The molecular weight excluding hydrogens is 312 g/mol. The van der Waals surface area contributed by atoms with Gasteiger partial charge in [0.25, 0.3) is 0 Å². The number of hydrogen-bond acceptors (Lipinski definition) is 6. The van der Waals surface area contributed by atoms with Crippen molar-refractivity contribution >= 4 is 0 Å². The van der Waals surface area contributed by atoms with Crippen LogP contribution in [0.4, 0.5) is 0 Å². The fraction of sp³-hybridized carbons (Fsp3) is 0.333. The maximum Gasteiger partial charge on any atom is 0.206 e. The number of fused-ring (bicyclic) bond motifs is 1. The molecule has 2 aromatic carbocycles. The molecule has 2 N–H and O–H groups in total. The first-order valence-corrected chi connectivity index (χ1v) is 7.55. The van der Waals surface area contributed by atoms with E-state index >= 15 is 0 Å². The van der Waals surface area contributed by atoms with Crippen LogP contribution < -0.4 is 18.9 Å². The van der Waals surface area contributed by atoms with Crippen LogP contribution in [0.2, 0.25) is 0 Å². The van der Waals surface area contributed by atoms with Crippen LogP contribution in [-0.2, 0) is 6.42 Å². The summed E-state index contributed by atoms with van der Waals surface area (Å²) in [6.07, 6.45) is 0.695. The quantitative estimate of drug-likeness (QED) is 0.896. The smallest absolute Gasteiger partial charge is 0.206 e. The Balaban J connectivity index is 1.98. The molecule has 6 nitrogen and oxygen atoms in total. The van der Waals surface area contributed by atoms with Crippen molar-refractivity contribution in [3.05, 3.63) is 35.4 Å². The molecule has 0 bridgehead atoms.